The number of esters is 1. The van der Waals surface area contributed by atoms with Crippen LogP contribution in [0.1, 0.15) is 23.4 Å². The summed E-state index contributed by atoms with van der Waals surface area (Å²) in [5.74, 6) is -5.75. The van der Waals surface area contributed by atoms with Gasteiger partial charge in [0, 0.05) is 6.42 Å². The van der Waals surface area contributed by atoms with Crippen molar-refractivity contribution in [1.29, 1.82) is 0 Å². The van der Waals surface area contributed by atoms with E-state index in [9.17, 15) is 26.6 Å². The monoisotopic (exact) mass is 318 g/mol. The van der Waals surface area contributed by atoms with Crippen molar-refractivity contribution in [1.82, 2.24) is 0 Å². The number of furan rings is 1. The van der Waals surface area contributed by atoms with Crippen molar-refractivity contribution in [3.8, 4) is 0 Å². The van der Waals surface area contributed by atoms with Crippen LogP contribution >= 0.6 is 0 Å². The van der Waals surface area contributed by atoms with Crippen molar-refractivity contribution < 1.29 is 40.3 Å². The Hall–Kier alpha value is -1.42. The zero-order valence-electron chi connectivity index (χ0n) is 9.85. The van der Waals surface area contributed by atoms with Crippen molar-refractivity contribution in [3.05, 3.63) is 24.2 Å². The molecule has 0 saturated heterocycles. The maximum Gasteiger partial charge on any atom is 0.406 e. The second-order valence-corrected chi connectivity index (χ2v) is 4.70. The Kier molecular flexibility index (Phi) is 5.28. The summed E-state index contributed by atoms with van der Waals surface area (Å²) in [6, 6.07) is 2.68. The summed E-state index contributed by atoms with van der Waals surface area (Å²) in [4.78, 5) is 11.2. The van der Waals surface area contributed by atoms with Crippen LogP contribution in [0.25, 0.3) is 0 Å². The average Bonchev–Trinajstić information content (AvgIpc) is 2.87. The molecule has 0 radical (unpaired) electrons. The van der Waals surface area contributed by atoms with Gasteiger partial charge in [0.2, 0.25) is 16.8 Å². The molecule has 1 heterocycles. The number of alkyl halides is 4. The summed E-state index contributed by atoms with van der Waals surface area (Å²) in [6.45, 7) is -0.552. The lowest BCUT2D eigenvalue weighted by molar-refractivity contribution is -0.162. The summed E-state index contributed by atoms with van der Waals surface area (Å²) in [5.41, 5.74) is 0. The van der Waals surface area contributed by atoms with Crippen LogP contribution < -0.4 is 0 Å². The van der Waals surface area contributed by atoms with Gasteiger partial charge in [0.15, 0.2) is 0 Å². The van der Waals surface area contributed by atoms with Crippen LogP contribution in [-0.4, -0.2) is 32.5 Å². The molecule has 1 rings (SSSR count). The Balaban J connectivity index is 2.41. The number of halogens is 4. The van der Waals surface area contributed by atoms with E-state index in [4.69, 9.17) is 4.55 Å². The zero-order valence-corrected chi connectivity index (χ0v) is 10.7. The quantitative estimate of drug-likeness (QED) is 0.362. The third-order valence-corrected chi connectivity index (χ3v) is 2.97. The van der Waals surface area contributed by atoms with Crippen LogP contribution in [-0.2, 0) is 15.8 Å². The Morgan fingerprint density at radius 2 is 2.05 bits per heavy atom. The minimum absolute atomic E-state index is 0.154. The molecule has 0 aliphatic rings. The first-order chi connectivity index (χ1) is 9.18. The van der Waals surface area contributed by atoms with Gasteiger partial charge >= 0.3 is 17.1 Å². The Bertz CT molecular complexity index is 474. The number of ether oxygens (including phenoxy) is 1. The predicted octanol–water partition coefficient (Wildman–Crippen LogP) is 2.67. The molecule has 0 saturated carbocycles. The van der Waals surface area contributed by atoms with Crippen molar-refractivity contribution in [2.45, 2.75) is 24.0 Å². The molecule has 0 amide bonds. The Morgan fingerprint density at radius 1 is 1.40 bits per heavy atom. The molecule has 0 bridgehead atoms. The number of carbonyl (C=O) groups is 1. The smallest absolute Gasteiger partial charge is 0.406 e. The zero-order chi connectivity index (χ0) is 15.4. The van der Waals surface area contributed by atoms with Crippen LogP contribution in [0, 0.1) is 0 Å². The molecule has 0 aliphatic carbocycles. The summed E-state index contributed by atoms with van der Waals surface area (Å²) < 4.78 is 78.8. The van der Waals surface area contributed by atoms with Crippen LogP contribution in [0.15, 0.2) is 22.8 Å². The van der Waals surface area contributed by atoms with Gasteiger partial charge in [-0.3, -0.25) is 0 Å². The van der Waals surface area contributed by atoms with Gasteiger partial charge in [-0.05, 0) is 18.6 Å². The van der Waals surface area contributed by atoms with E-state index in [1.165, 1.54) is 18.4 Å². The molecule has 0 aliphatic heterocycles. The van der Waals surface area contributed by atoms with E-state index >= 15 is 0 Å². The third kappa shape index (κ3) is 3.79. The van der Waals surface area contributed by atoms with E-state index in [0.717, 1.165) is 0 Å². The number of hydrogen-bond acceptors (Lipinski definition) is 4. The molecule has 1 atom stereocenters. The molecule has 114 valence electrons. The molecule has 0 aromatic carbocycles. The molecule has 20 heavy (non-hydrogen) atoms. The van der Waals surface area contributed by atoms with Crippen LogP contribution in [0.4, 0.5) is 17.6 Å². The van der Waals surface area contributed by atoms with Gasteiger partial charge in [0.1, 0.15) is 0 Å². The lowest BCUT2D eigenvalue weighted by atomic mass is 10.2. The summed E-state index contributed by atoms with van der Waals surface area (Å²) in [6.07, 6.45) is -0.814. The maximum atomic E-state index is 13.0. The first-order valence-corrected chi connectivity index (χ1v) is 6.36. The van der Waals surface area contributed by atoms with E-state index in [-0.39, 0.29) is 5.76 Å². The molecule has 10 heteroatoms. The first kappa shape index (κ1) is 16.6. The molecule has 1 aromatic heterocycles. The summed E-state index contributed by atoms with van der Waals surface area (Å²) >= 11 is -3.99. The van der Waals surface area contributed by atoms with Gasteiger partial charge in [-0.25, -0.2) is 9.00 Å². The van der Waals surface area contributed by atoms with E-state index in [0.29, 0.717) is 0 Å². The van der Waals surface area contributed by atoms with Crippen LogP contribution in [0.5, 0.6) is 0 Å². The molecule has 0 fully saturated rings. The third-order valence-electron chi connectivity index (χ3n) is 2.24. The summed E-state index contributed by atoms with van der Waals surface area (Å²) in [7, 11) is 0. The Morgan fingerprint density at radius 3 is 2.55 bits per heavy atom. The fraction of sp³-hybridized carbons (Fsp3) is 0.500. The van der Waals surface area contributed by atoms with Gasteiger partial charge in [-0.15, -0.1) is 0 Å². The average molecular weight is 318 g/mol. The predicted molar refractivity (Wildman–Crippen MR) is 58.9 cm³/mol. The molecule has 1 unspecified atom stereocenters. The van der Waals surface area contributed by atoms with Crippen molar-refractivity contribution in [3.63, 3.8) is 0 Å². The highest BCUT2D eigenvalue weighted by molar-refractivity contribution is 7.80. The second-order valence-electron chi connectivity index (χ2n) is 3.69. The van der Waals surface area contributed by atoms with Gasteiger partial charge in [-0.1, -0.05) is 0 Å². The molecular formula is C10H10F4O5S. The standard InChI is InChI=1S/C10H10F4O5S/c11-9(12,10(13,14)20(16)17)4-2-6-19-8(15)7-3-1-5-18-7/h1,3,5H,2,4,6H2,(H,16,17). The van der Waals surface area contributed by atoms with Crippen molar-refractivity contribution in [2.75, 3.05) is 6.61 Å². The van der Waals surface area contributed by atoms with E-state index in [2.05, 4.69) is 9.15 Å². The van der Waals surface area contributed by atoms with E-state index in [1.807, 2.05) is 0 Å². The fourth-order valence-corrected chi connectivity index (χ4v) is 1.56. The highest BCUT2D eigenvalue weighted by atomic mass is 32.2. The minimum Gasteiger partial charge on any atom is -0.460 e. The minimum atomic E-state index is -5.06. The number of rotatable bonds is 7. The fourth-order valence-electron chi connectivity index (χ4n) is 1.20. The largest absolute Gasteiger partial charge is 0.460 e. The van der Waals surface area contributed by atoms with Gasteiger partial charge < -0.3 is 13.7 Å². The van der Waals surface area contributed by atoms with Gasteiger partial charge in [0.25, 0.3) is 0 Å². The lowest BCUT2D eigenvalue weighted by Crippen LogP contribution is -2.44. The van der Waals surface area contributed by atoms with Gasteiger partial charge in [0.05, 0.1) is 12.9 Å². The van der Waals surface area contributed by atoms with Crippen molar-refractivity contribution >= 4 is 17.0 Å². The van der Waals surface area contributed by atoms with Crippen LogP contribution in [0.3, 0.4) is 0 Å². The highest BCUT2D eigenvalue weighted by Crippen LogP contribution is 2.39. The Labute approximate surface area is 113 Å². The lowest BCUT2D eigenvalue weighted by Gasteiger charge is -2.23. The molecule has 1 N–H and O–H groups in total. The SMILES string of the molecule is O=C(OCCCC(F)(F)C(F)(F)S(=O)O)c1ccco1. The van der Waals surface area contributed by atoms with Crippen molar-refractivity contribution in [2.24, 2.45) is 0 Å². The van der Waals surface area contributed by atoms with E-state index in [1.54, 1.807) is 0 Å². The number of hydrogen-bond donors (Lipinski definition) is 1. The molecule has 1 aromatic rings. The normalized spacial score (nSPS) is 14.1. The number of carbonyl (C=O) groups excluding carboxylic acids is 1. The topological polar surface area (TPSA) is 76.7 Å². The van der Waals surface area contributed by atoms with Gasteiger partial charge in [-0.2, -0.15) is 17.6 Å². The maximum absolute atomic E-state index is 13.0. The van der Waals surface area contributed by atoms with E-state index < -0.39 is 47.7 Å². The summed E-state index contributed by atoms with van der Waals surface area (Å²) in [5, 5.41) is -5.06. The van der Waals surface area contributed by atoms with Crippen LogP contribution in [0.2, 0.25) is 0 Å². The molecular weight excluding hydrogens is 308 g/mol. The molecule has 5 nitrogen and oxygen atoms in total. The second kappa shape index (κ2) is 6.35. The first-order valence-electron chi connectivity index (χ1n) is 5.25. The highest BCUT2D eigenvalue weighted by Gasteiger charge is 2.60. The molecule has 0 spiro atoms.